The maximum atomic E-state index is 2.57. The molecule has 0 fully saturated rings. The van der Waals surface area contributed by atoms with E-state index in [1.807, 2.05) is 0 Å². The lowest BCUT2D eigenvalue weighted by molar-refractivity contribution is 0.383. The summed E-state index contributed by atoms with van der Waals surface area (Å²) in [6.45, 7) is 0. The zero-order chi connectivity index (χ0) is 8.97. The molecule has 1 rings (SSSR count). The molecule has 0 heterocycles. The van der Waals surface area contributed by atoms with Crippen LogP contribution in [0.1, 0.15) is 9.73 Å². The standard InChI is InChI=1S/C9H12N.HI.Mg/c1-10(2)8-9-6-4-3-5-7-9;;/h3-8H,1-2H3;1H;/q;;+1/p-1. The van der Waals surface area contributed by atoms with Gasteiger partial charge in [0.25, 0.3) is 0 Å². The van der Waals surface area contributed by atoms with Gasteiger partial charge in [0.15, 0.2) is 0 Å². The summed E-state index contributed by atoms with van der Waals surface area (Å²) >= 11 is 2.54. The van der Waals surface area contributed by atoms with E-state index in [9.17, 15) is 0 Å². The fourth-order valence-corrected chi connectivity index (χ4v) is 5.82. The van der Waals surface area contributed by atoms with Crippen molar-refractivity contribution in [2.75, 3.05) is 14.1 Å². The van der Waals surface area contributed by atoms with Crippen molar-refractivity contribution >= 4 is 35.3 Å². The van der Waals surface area contributed by atoms with Crippen molar-refractivity contribution in [1.29, 1.82) is 0 Å². The van der Waals surface area contributed by atoms with E-state index in [4.69, 9.17) is 0 Å². The van der Waals surface area contributed by atoms with E-state index >= 15 is 0 Å². The van der Waals surface area contributed by atoms with E-state index < -0.39 is 0 Å². The van der Waals surface area contributed by atoms with Gasteiger partial charge in [0, 0.05) is 0 Å². The fourth-order valence-electron chi connectivity index (χ4n) is 1.20. The maximum Gasteiger partial charge on any atom is 0.492 e. The molecule has 0 radical (unpaired) electrons. The molecule has 1 nitrogen and oxygen atoms in total. The van der Waals surface area contributed by atoms with Gasteiger partial charge in [-0.1, -0.05) is 35.9 Å². The minimum Gasteiger partial charge on any atom is -0.326 e. The number of hydrogen-bond donors (Lipinski definition) is 0. The number of hydrogen-bond acceptors (Lipinski definition) is 1. The van der Waals surface area contributed by atoms with Crippen LogP contribution in [0, 0.1) is 0 Å². The lowest BCUT2D eigenvalue weighted by Gasteiger charge is -2.22. The molecule has 0 aliphatic carbocycles. The molecular weight excluding hydrogens is 273 g/mol. The second-order valence-electron chi connectivity index (χ2n) is 3.04. The highest BCUT2D eigenvalue weighted by Crippen LogP contribution is 2.17. The van der Waals surface area contributed by atoms with Crippen LogP contribution in [0.3, 0.4) is 0 Å². The van der Waals surface area contributed by atoms with Gasteiger partial charge in [0.2, 0.25) is 0 Å². The number of benzene rings is 1. The van der Waals surface area contributed by atoms with Crippen LogP contribution in [0.4, 0.5) is 0 Å². The van der Waals surface area contributed by atoms with E-state index in [0.717, 1.165) is 0 Å². The molecule has 0 saturated carbocycles. The molecule has 1 atom stereocenters. The number of halogens is 1. The summed E-state index contributed by atoms with van der Waals surface area (Å²) in [6, 6.07) is 10.7. The second kappa shape index (κ2) is 5.42. The van der Waals surface area contributed by atoms with E-state index in [-0.39, 0.29) is 16.5 Å². The Bertz CT molecular complexity index is 225. The van der Waals surface area contributed by atoms with Crippen LogP contribution in [0.5, 0.6) is 0 Å². The normalized spacial score (nSPS) is 12.7. The largest absolute Gasteiger partial charge is 0.492 e. The molecule has 0 N–H and O–H groups in total. The Hall–Kier alpha value is 0.676. The van der Waals surface area contributed by atoms with E-state index in [1.54, 1.807) is 0 Å². The Kier molecular flexibility index (Phi) is 4.85. The first-order chi connectivity index (χ1) is 5.75. The maximum absolute atomic E-state index is 2.57. The predicted octanol–water partition coefficient (Wildman–Crippen LogP) is 2.30. The topological polar surface area (TPSA) is 3.24 Å². The molecule has 12 heavy (non-hydrogen) atoms. The van der Waals surface area contributed by atoms with Gasteiger partial charge >= 0.3 is 16.5 Å². The highest BCUT2D eigenvalue weighted by molar-refractivity contribution is 14.1. The Labute approximate surface area is 93.6 Å². The molecule has 3 heteroatoms. The summed E-state index contributed by atoms with van der Waals surface area (Å²) in [4.78, 5) is 2.31. The summed E-state index contributed by atoms with van der Waals surface area (Å²) in [5.74, 6) is 0. The van der Waals surface area contributed by atoms with Crippen LogP contribution in [-0.2, 0) is 0 Å². The first-order valence-electron chi connectivity index (χ1n) is 4.03. The van der Waals surface area contributed by atoms with E-state index in [1.165, 1.54) is 5.56 Å². The molecule has 0 aliphatic heterocycles. The molecule has 0 saturated heterocycles. The van der Waals surface area contributed by atoms with E-state index in [0.29, 0.717) is 4.17 Å². The zero-order valence-corrected chi connectivity index (χ0v) is 11.1. The lowest BCUT2D eigenvalue weighted by Crippen LogP contribution is -2.22. The minimum absolute atomic E-state index is 0.0219. The Morgan fingerprint density at radius 1 is 1.25 bits per heavy atom. The highest BCUT2D eigenvalue weighted by atomic mass is 127. The molecule has 0 bridgehead atoms. The van der Waals surface area contributed by atoms with Gasteiger partial charge < -0.3 is 4.90 Å². The van der Waals surface area contributed by atoms with Gasteiger partial charge in [-0.25, -0.2) is 0 Å². The van der Waals surface area contributed by atoms with Gasteiger partial charge in [-0.05, 0) is 18.3 Å². The third-order valence-electron chi connectivity index (χ3n) is 1.95. The SMILES string of the molecule is CN(C)[CH]([Mg][I])c1ccccc1. The number of rotatable bonds is 3. The van der Waals surface area contributed by atoms with E-state index in [2.05, 4.69) is 68.2 Å². The first-order valence-corrected chi connectivity index (χ1v) is 9.96. The zero-order valence-electron chi connectivity index (χ0n) is 7.50. The van der Waals surface area contributed by atoms with Gasteiger partial charge in [-0.15, -0.1) is 0 Å². The van der Waals surface area contributed by atoms with Crippen LogP contribution in [0.2, 0.25) is 0 Å². The summed E-state index contributed by atoms with van der Waals surface area (Å²) in [5.41, 5.74) is 1.46. The quantitative estimate of drug-likeness (QED) is 0.608. The van der Waals surface area contributed by atoms with Crippen molar-refractivity contribution in [1.82, 2.24) is 4.90 Å². The van der Waals surface area contributed by atoms with Crippen molar-refractivity contribution in [3.05, 3.63) is 35.9 Å². The van der Waals surface area contributed by atoms with Crippen molar-refractivity contribution < 1.29 is 0 Å². The molecule has 0 amide bonds. The molecule has 1 unspecified atom stereocenters. The summed E-state index contributed by atoms with van der Waals surface area (Å²) in [6.07, 6.45) is 0. The molecular formula is C9H12IMgN. The summed E-state index contributed by atoms with van der Waals surface area (Å²) < 4.78 is 0.687. The Morgan fingerprint density at radius 2 is 1.83 bits per heavy atom. The molecule has 1 aromatic carbocycles. The average molecular weight is 285 g/mol. The smallest absolute Gasteiger partial charge is 0.326 e. The van der Waals surface area contributed by atoms with Crippen LogP contribution < -0.4 is 0 Å². The number of nitrogens with zero attached hydrogens (tertiary/aromatic N) is 1. The monoisotopic (exact) mass is 285 g/mol. The average Bonchev–Trinajstić information content (AvgIpc) is 2.07. The Balaban J connectivity index is 2.80. The molecule has 0 aromatic heterocycles. The van der Waals surface area contributed by atoms with Crippen molar-refractivity contribution in [2.24, 2.45) is 0 Å². The first kappa shape index (κ1) is 10.8. The third kappa shape index (κ3) is 2.87. The molecule has 1 aromatic rings. The van der Waals surface area contributed by atoms with Crippen molar-refractivity contribution in [2.45, 2.75) is 4.17 Å². The molecule has 0 spiro atoms. The van der Waals surface area contributed by atoms with Crippen molar-refractivity contribution in [3.63, 3.8) is 0 Å². The fraction of sp³-hybridized carbons (Fsp3) is 0.333. The van der Waals surface area contributed by atoms with Gasteiger partial charge in [0.05, 0.1) is 0 Å². The lowest BCUT2D eigenvalue weighted by atomic mass is 10.2. The predicted molar refractivity (Wildman–Crippen MR) is 62.6 cm³/mol. The Morgan fingerprint density at radius 3 is 2.25 bits per heavy atom. The van der Waals surface area contributed by atoms with Crippen LogP contribution in [-0.4, -0.2) is 35.5 Å². The van der Waals surface area contributed by atoms with Crippen LogP contribution in [0.15, 0.2) is 30.3 Å². The summed E-state index contributed by atoms with van der Waals surface area (Å²) in [5, 5.41) is 0. The van der Waals surface area contributed by atoms with Gasteiger partial charge in [0.1, 0.15) is 0 Å². The van der Waals surface area contributed by atoms with Gasteiger partial charge in [-0.3, -0.25) is 18.9 Å². The van der Waals surface area contributed by atoms with Gasteiger partial charge in [-0.2, -0.15) is 0 Å². The van der Waals surface area contributed by atoms with Crippen molar-refractivity contribution in [3.8, 4) is 0 Å². The second-order valence-corrected chi connectivity index (χ2v) is 6.77. The third-order valence-corrected chi connectivity index (χ3v) is 5.95. The van der Waals surface area contributed by atoms with Crippen LogP contribution in [0.25, 0.3) is 0 Å². The molecule has 62 valence electrons. The van der Waals surface area contributed by atoms with Crippen LogP contribution >= 0.6 is 18.9 Å². The molecule has 0 aliphatic rings. The minimum atomic E-state index is -0.0219. The summed E-state index contributed by atoms with van der Waals surface area (Å²) in [7, 11) is 4.31. The highest BCUT2D eigenvalue weighted by Gasteiger charge is 2.13.